The number of carbonyl (C=O) groups is 2. The number of carbonyl (C=O) groups excluding carboxylic acids is 2. The first-order chi connectivity index (χ1) is 12.8. The Morgan fingerprint density at radius 2 is 1.70 bits per heavy atom. The number of benzene rings is 1. The fraction of sp³-hybridized carbons (Fsp3) is 0.476. The number of hydrogen-bond donors (Lipinski definition) is 0. The van der Waals surface area contributed by atoms with Crippen LogP contribution < -0.4 is 0 Å². The number of esters is 1. The van der Waals surface area contributed by atoms with Crippen LogP contribution in [0.3, 0.4) is 0 Å². The highest BCUT2D eigenvalue weighted by atomic mass is 16.5. The maximum absolute atomic E-state index is 12.4. The van der Waals surface area contributed by atoms with Crippen LogP contribution in [0.1, 0.15) is 33.4 Å². The average molecular weight is 372 g/mol. The summed E-state index contributed by atoms with van der Waals surface area (Å²) in [6, 6.07) is 9.44. The van der Waals surface area contributed by atoms with Gasteiger partial charge in [-0.05, 0) is 24.0 Å². The third-order valence-electron chi connectivity index (χ3n) is 3.78. The second kappa shape index (κ2) is 9.90. The highest BCUT2D eigenvalue weighted by Gasteiger charge is 2.19. The first-order valence-corrected chi connectivity index (χ1v) is 9.28. The van der Waals surface area contributed by atoms with E-state index in [4.69, 9.17) is 9.15 Å². The quantitative estimate of drug-likeness (QED) is 0.629. The molecule has 2 rings (SSSR count). The Morgan fingerprint density at radius 3 is 2.30 bits per heavy atom. The van der Waals surface area contributed by atoms with Gasteiger partial charge in [0, 0.05) is 18.7 Å². The SMILES string of the molecule is CC(C)CN(CC(C)C)C(=O)COC(=O)Cc1coc(-c2ccccc2)n1. The van der Waals surface area contributed by atoms with Crippen molar-refractivity contribution >= 4 is 11.9 Å². The van der Waals surface area contributed by atoms with E-state index in [1.807, 2.05) is 30.3 Å². The Bertz CT molecular complexity index is 728. The molecular weight excluding hydrogens is 344 g/mol. The van der Waals surface area contributed by atoms with Gasteiger partial charge in [-0.2, -0.15) is 0 Å². The smallest absolute Gasteiger partial charge is 0.312 e. The van der Waals surface area contributed by atoms with Gasteiger partial charge in [0.05, 0.1) is 12.1 Å². The molecule has 0 saturated heterocycles. The monoisotopic (exact) mass is 372 g/mol. The Labute approximate surface area is 160 Å². The normalized spacial score (nSPS) is 11.0. The van der Waals surface area contributed by atoms with Crippen molar-refractivity contribution in [3.05, 3.63) is 42.3 Å². The zero-order valence-electron chi connectivity index (χ0n) is 16.5. The lowest BCUT2D eigenvalue weighted by atomic mass is 10.1. The minimum atomic E-state index is -0.495. The van der Waals surface area contributed by atoms with Crippen LogP contribution in [0.25, 0.3) is 11.5 Å². The molecule has 0 bridgehead atoms. The lowest BCUT2D eigenvalue weighted by Crippen LogP contribution is -2.39. The highest BCUT2D eigenvalue weighted by molar-refractivity contribution is 5.81. The van der Waals surface area contributed by atoms with Crippen molar-refractivity contribution < 1.29 is 18.7 Å². The van der Waals surface area contributed by atoms with Gasteiger partial charge in [-0.25, -0.2) is 4.98 Å². The van der Waals surface area contributed by atoms with Crippen LogP contribution >= 0.6 is 0 Å². The minimum Gasteiger partial charge on any atom is -0.455 e. The van der Waals surface area contributed by atoms with Gasteiger partial charge >= 0.3 is 5.97 Å². The van der Waals surface area contributed by atoms with E-state index in [2.05, 4.69) is 32.7 Å². The number of amides is 1. The number of oxazole rings is 1. The van der Waals surface area contributed by atoms with E-state index in [9.17, 15) is 9.59 Å². The van der Waals surface area contributed by atoms with E-state index < -0.39 is 5.97 Å². The van der Waals surface area contributed by atoms with Gasteiger partial charge in [-0.15, -0.1) is 0 Å². The molecule has 1 aromatic carbocycles. The van der Waals surface area contributed by atoms with E-state index in [0.29, 0.717) is 36.5 Å². The van der Waals surface area contributed by atoms with E-state index in [1.165, 1.54) is 6.26 Å². The van der Waals surface area contributed by atoms with Gasteiger partial charge in [0.1, 0.15) is 6.26 Å². The molecular formula is C21H28N2O4. The van der Waals surface area contributed by atoms with E-state index in [1.54, 1.807) is 4.90 Å². The zero-order valence-corrected chi connectivity index (χ0v) is 16.5. The molecule has 146 valence electrons. The topological polar surface area (TPSA) is 72.6 Å². The van der Waals surface area contributed by atoms with Crippen molar-refractivity contribution in [2.75, 3.05) is 19.7 Å². The van der Waals surface area contributed by atoms with Crippen LogP contribution in [0, 0.1) is 11.8 Å². The molecule has 1 amide bonds. The van der Waals surface area contributed by atoms with Gasteiger partial charge < -0.3 is 14.1 Å². The summed E-state index contributed by atoms with van der Waals surface area (Å²) in [7, 11) is 0. The fourth-order valence-corrected chi connectivity index (χ4v) is 2.69. The van der Waals surface area contributed by atoms with Gasteiger partial charge in [0.25, 0.3) is 5.91 Å². The second-order valence-corrected chi connectivity index (χ2v) is 7.43. The molecule has 27 heavy (non-hydrogen) atoms. The summed E-state index contributed by atoms with van der Waals surface area (Å²) < 4.78 is 10.6. The molecule has 0 aliphatic rings. The van der Waals surface area contributed by atoms with Crippen LogP contribution in [-0.4, -0.2) is 41.5 Å². The molecule has 2 aromatic rings. The first-order valence-electron chi connectivity index (χ1n) is 9.28. The molecule has 1 aromatic heterocycles. The summed E-state index contributed by atoms with van der Waals surface area (Å²) in [5.74, 6) is 0.501. The van der Waals surface area contributed by atoms with Gasteiger partial charge in [0.15, 0.2) is 6.61 Å². The lowest BCUT2D eigenvalue weighted by molar-refractivity contribution is -0.152. The summed E-state index contributed by atoms with van der Waals surface area (Å²) >= 11 is 0. The van der Waals surface area contributed by atoms with Crippen molar-refractivity contribution in [3.63, 3.8) is 0 Å². The minimum absolute atomic E-state index is 0.0298. The van der Waals surface area contributed by atoms with E-state index >= 15 is 0 Å². The molecule has 0 N–H and O–H groups in total. The van der Waals surface area contributed by atoms with Crippen LogP contribution in [-0.2, 0) is 20.7 Å². The standard InChI is InChI=1S/C21H28N2O4/c1-15(2)11-23(12-16(3)4)19(24)14-26-20(25)10-18-13-27-21(22-18)17-8-6-5-7-9-17/h5-9,13,15-16H,10-12,14H2,1-4H3. The molecule has 0 fully saturated rings. The third-order valence-corrected chi connectivity index (χ3v) is 3.78. The predicted molar refractivity (Wildman–Crippen MR) is 103 cm³/mol. The van der Waals surface area contributed by atoms with Crippen LogP contribution in [0.4, 0.5) is 0 Å². The summed E-state index contributed by atoms with van der Waals surface area (Å²) in [4.78, 5) is 30.5. The maximum Gasteiger partial charge on any atom is 0.312 e. The summed E-state index contributed by atoms with van der Waals surface area (Å²) in [6.07, 6.45) is 1.41. The number of nitrogens with zero attached hydrogens (tertiary/aromatic N) is 2. The summed E-state index contributed by atoms with van der Waals surface area (Å²) in [6.45, 7) is 9.28. The second-order valence-electron chi connectivity index (χ2n) is 7.43. The maximum atomic E-state index is 12.4. The highest BCUT2D eigenvalue weighted by Crippen LogP contribution is 2.18. The van der Waals surface area contributed by atoms with Crippen LogP contribution in [0.2, 0.25) is 0 Å². The van der Waals surface area contributed by atoms with Crippen molar-refractivity contribution in [2.45, 2.75) is 34.1 Å². The predicted octanol–water partition coefficient (Wildman–Crippen LogP) is 3.57. The zero-order chi connectivity index (χ0) is 19.8. The van der Waals surface area contributed by atoms with E-state index in [-0.39, 0.29) is 18.9 Å². The van der Waals surface area contributed by atoms with Crippen molar-refractivity contribution in [1.29, 1.82) is 0 Å². The average Bonchev–Trinajstić information content (AvgIpc) is 3.07. The van der Waals surface area contributed by atoms with Crippen molar-refractivity contribution in [3.8, 4) is 11.5 Å². The largest absolute Gasteiger partial charge is 0.455 e. The van der Waals surface area contributed by atoms with Crippen molar-refractivity contribution in [1.82, 2.24) is 9.88 Å². The molecule has 0 unspecified atom stereocenters. The fourth-order valence-electron chi connectivity index (χ4n) is 2.69. The Kier molecular flexibility index (Phi) is 7.58. The molecule has 0 saturated carbocycles. The lowest BCUT2D eigenvalue weighted by Gasteiger charge is -2.26. The van der Waals surface area contributed by atoms with Gasteiger partial charge in [-0.3, -0.25) is 9.59 Å². The molecule has 6 heteroatoms. The first kappa shape index (κ1) is 20.7. The third kappa shape index (κ3) is 6.89. The van der Waals surface area contributed by atoms with Gasteiger partial charge in [-0.1, -0.05) is 45.9 Å². The number of rotatable bonds is 9. The molecule has 0 aliphatic carbocycles. The molecule has 6 nitrogen and oxygen atoms in total. The van der Waals surface area contributed by atoms with Crippen LogP contribution in [0.5, 0.6) is 0 Å². The molecule has 1 heterocycles. The Morgan fingerprint density at radius 1 is 1.07 bits per heavy atom. The summed E-state index contributed by atoms with van der Waals surface area (Å²) in [5.41, 5.74) is 1.32. The molecule has 0 atom stereocenters. The Balaban J connectivity index is 1.86. The molecule has 0 radical (unpaired) electrons. The number of ether oxygens (including phenoxy) is 1. The van der Waals surface area contributed by atoms with E-state index in [0.717, 1.165) is 5.56 Å². The summed E-state index contributed by atoms with van der Waals surface area (Å²) in [5, 5.41) is 0. The van der Waals surface area contributed by atoms with Gasteiger partial charge in [0.2, 0.25) is 5.89 Å². The number of hydrogen-bond acceptors (Lipinski definition) is 5. The molecule has 0 aliphatic heterocycles. The number of aromatic nitrogens is 1. The van der Waals surface area contributed by atoms with Crippen molar-refractivity contribution in [2.24, 2.45) is 11.8 Å². The molecule has 0 spiro atoms. The van der Waals surface area contributed by atoms with Crippen LogP contribution in [0.15, 0.2) is 41.0 Å². The Hall–Kier alpha value is -2.63.